The summed E-state index contributed by atoms with van der Waals surface area (Å²) in [6, 6.07) is -0.540. The van der Waals surface area contributed by atoms with Crippen LogP contribution < -0.4 is 5.32 Å². The Morgan fingerprint density at radius 3 is 2.84 bits per heavy atom. The summed E-state index contributed by atoms with van der Waals surface area (Å²) in [7, 11) is 2.04. The zero-order chi connectivity index (χ0) is 13.8. The van der Waals surface area contributed by atoms with Gasteiger partial charge in [0.15, 0.2) is 6.04 Å². The number of nitrogens with one attached hydrogen (secondary N) is 1. The number of likely N-dealkylation sites (N-methyl/N-ethyl adjacent to an activating group) is 1. The van der Waals surface area contributed by atoms with Gasteiger partial charge in [0.1, 0.15) is 0 Å². The van der Waals surface area contributed by atoms with Gasteiger partial charge in [-0.2, -0.15) is 0 Å². The van der Waals surface area contributed by atoms with Crippen molar-refractivity contribution < 1.29 is 19.4 Å². The summed E-state index contributed by atoms with van der Waals surface area (Å²) in [6.45, 7) is 2.10. The number of hydrogen-bond donors (Lipinski definition) is 2. The lowest BCUT2D eigenvalue weighted by Gasteiger charge is -2.33. The molecule has 1 saturated carbocycles. The Kier molecular flexibility index (Phi) is 4.60. The predicted molar refractivity (Wildman–Crippen MR) is 68.0 cm³/mol. The summed E-state index contributed by atoms with van der Waals surface area (Å²) in [5.41, 5.74) is 0. The highest BCUT2D eigenvalue weighted by Crippen LogP contribution is 2.24. The van der Waals surface area contributed by atoms with E-state index in [-0.39, 0.29) is 12.6 Å². The number of nitrogens with zero attached hydrogens (tertiary/aromatic N) is 2. The Balaban J connectivity index is 1.75. The molecule has 7 heteroatoms. The van der Waals surface area contributed by atoms with Gasteiger partial charge in [-0.25, -0.2) is 9.59 Å². The predicted octanol–water partition coefficient (Wildman–Crippen LogP) is -0.424. The van der Waals surface area contributed by atoms with Crippen molar-refractivity contribution in [3.05, 3.63) is 0 Å². The number of carbonyl (C=O) groups excluding carboxylic acids is 1. The van der Waals surface area contributed by atoms with E-state index in [1.165, 1.54) is 17.7 Å². The Hall–Kier alpha value is -1.34. The number of carbonyl (C=O) groups is 2. The molecule has 2 aliphatic rings. The summed E-state index contributed by atoms with van der Waals surface area (Å²) >= 11 is 0. The first-order valence-electron chi connectivity index (χ1n) is 6.65. The van der Waals surface area contributed by atoms with E-state index < -0.39 is 12.0 Å². The number of amides is 2. The molecule has 1 aliphatic carbocycles. The van der Waals surface area contributed by atoms with Crippen LogP contribution in [0.15, 0.2) is 0 Å². The van der Waals surface area contributed by atoms with Crippen LogP contribution in [0, 0.1) is 0 Å². The minimum atomic E-state index is -1.02. The van der Waals surface area contributed by atoms with Crippen LogP contribution in [-0.4, -0.2) is 78.9 Å². The van der Waals surface area contributed by atoms with Crippen LogP contribution in [0.5, 0.6) is 0 Å². The standard InChI is InChI=1S/C12H21N3O4/c1-14(9-2-3-9)5-4-13-12(18)15-6-7-19-8-10(15)11(16)17/h9-10H,2-8H2,1H3,(H,13,18)(H,16,17). The van der Waals surface area contributed by atoms with Gasteiger partial charge in [-0.1, -0.05) is 0 Å². The third-order valence-electron chi connectivity index (χ3n) is 3.59. The van der Waals surface area contributed by atoms with Crippen LogP contribution in [0.25, 0.3) is 0 Å². The monoisotopic (exact) mass is 271 g/mol. The molecule has 1 aliphatic heterocycles. The molecular formula is C12H21N3O4. The number of carboxylic acid groups (broad SMARTS) is 1. The summed E-state index contributed by atoms with van der Waals surface area (Å²) in [5.74, 6) is -1.02. The van der Waals surface area contributed by atoms with Crippen molar-refractivity contribution in [2.75, 3.05) is 39.9 Å². The molecule has 0 radical (unpaired) electrons. The van der Waals surface area contributed by atoms with Crippen LogP contribution >= 0.6 is 0 Å². The molecule has 108 valence electrons. The molecular weight excluding hydrogens is 250 g/mol. The second-order valence-electron chi connectivity index (χ2n) is 5.07. The first-order valence-corrected chi connectivity index (χ1v) is 6.65. The van der Waals surface area contributed by atoms with Crippen LogP contribution in [-0.2, 0) is 9.53 Å². The first-order chi connectivity index (χ1) is 9.09. The molecule has 2 N–H and O–H groups in total. The van der Waals surface area contributed by atoms with Gasteiger partial charge in [-0.3, -0.25) is 0 Å². The van der Waals surface area contributed by atoms with Crippen molar-refractivity contribution in [2.45, 2.75) is 24.9 Å². The molecule has 0 aromatic heterocycles. The Morgan fingerprint density at radius 2 is 2.21 bits per heavy atom. The normalized spacial score (nSPS) is 23.5. The molecule has 1 atom stereocenters. The van der Waals surface area contributed by atoms with Gasteiger partial charge in [0.2, 0.25) is 0 Å². The molecule has 2 rings (SSSR count). The third kappa shape index (κ3) is 3.81. The van der Waals surface area contributed by atoms with Crippen molar-refractivity contribution in [3.8, 4) is 0 Å². The topological polar surface area (TPSA) is 82.1 Å². The zero-order valence-corrected chi connectivity index (χ0v) is 11.2. The number of morpholine rings is 1. The Labute approximate surface area is 112 Å². The number of hydrogen-bond acceptors (Lipinski definition) is 4. The van der Waals surface area contributed by atoms with E-state index in [0.717, 1.165) is 6.54 Å². The van der Waals surface area contributed by atoms with Crippen molar-refractivity contribution in [3.63, 3.8) is 0 Å². The molecule has 0 bridgehead atoms. The number of carboxylic acids is 1. The highest BCUT2D eigenvalue weighted by molar-refractivity contribution is 5.82. The molecule has 1 unspecified atom stereocenters. The van der Waals surface area contributed by atoms with E-state index in [1.54, 1.807) is 0 Å². The van der Waals surface area contributed by atoms with Gasteiger partial charge in [-0.05, 0) is 19.9 Å². The van der Waals surface area contributed by atoms with Gasteiger partial charge in [0.25, 0.3) is 0 Å². The molecule has 7 nitrogen and oxygen atoms in total. The molecule has 0 spiro atoms. The molecule has 0 aromatic carbocycles. The maximum Gasteiger partial charge on any atom is 0.328 e. The fourth-order valence-corrected chi connectivity index (χ4v) is 2.19. The van der Waals surface area contributed by atoms with Gasteiger partial charge in [0.05, 0.1) is 13.2 Å². The fourth-order valence-electron chi connectivity index (χ4n) is 2.19. The second-order valence-corrected chi connectivity index (χ2v) is 5.07. The zero-order valence-electron chi connectivity index (χ0n) is 11.2. The first kappa shape index (κ1) is 14.1. The third-order valence-corrected chi connectivity index (χ3v) is 3.59. The molecule has 1 saturated heterocycles. The van der Waals surface area contributed by atoms with E-state index in [9.17, 15) is 9.59 Å². The largest absolute Gasteiger partial charge is 0.480 e. The van der Waals surface area contributed by atoms with Crippen molar-refractivity contribution in [2.24, 2.45) is 0 Å². The summed E-state index contributed by atoms with van der Waals surface area (Å²) in [5, 5.41) is 11.8. The lowest BCUT2D eigenvalue weighted by Crippen LogP contribution is -2.56. The van der Waals surface area contributed by atoms with E-state index in [1.807, 2.05) is 7.05 Å². The number of rotatable bonds is 5. The van der Waals surface area contributed by atoms with Crippen molar-refractivity contribution in [1.29, 1.82) is 0 Å². The Morgan fingerprint density at radius 1 is 1.47 bits per heavy atom. The maximum absolute atomic E-state index is 12.0. The lowest BCUT2D eigenvalue weighted by atomic mass is 10.2. The number of ether oxygens (including phenoxy) is 1. The minimum absolute atomic E-state index is 0.0602. The average Bonchev–Trinajstić information content (AvgIpc) is 3.22. The van der Waals surface area contributed by atoms with Crippen molar-refractivity contribution >= 4 is 12.0 Å². The molecule has 2 fully saturated rings. The second kappa shape index (κ2) is 6.21. The van der Waals surface area contributed by atoms with E-state index in [2.05, 4.69) is 10.2 Å². The Bertz CT molecular complexity index is 346. The average molecular weight is 271 g/mol. The quantitative estimate of drug-likeness (QED) is 0.709. The van der Waals surface area contributed by atoms with Crippen molar-refractivity contribution in [1.82, 2.24) is 15.1 Å². The molecule has 1 heterocycles. The minimum Gasteiger partial charge on any atom is -0.480 e. The van der Waals surface area contributed by atoms with Crippen LogP contribution in [0.4, 0.5) is 4.79 Å². The van der Waals surface area contributed by atoms with E-state index in [4.69, 9.17) is 9.84 Å². The van der Waals surface area contributed by atoms with Gasteiger partial charge < -0.3 is 25.0 Å². The van der Waals surface area contributed by atoms with Crippen LogP contribution in [0.3, 0.4) is 0 Å². The summed E-state index contributed by atoms with van der Waals surface area (Å²) < 4.78 is 5.10. The van der Waals surface area contributed by atoms with E-state index >= 15 is 0 Å². The maximum atomic E-state index is 12.0. The van der Waals surface area contributed by atoms with E-state index in [0.29, 0.717) is 25.7 Å². The van der Waals surface area contributed by atoms with Gasteiger partial charge in [-0.15, -0.1) is 0 Å². The van der Waals surface area contributed by atoms with Crippen LogP contribution in [0.1, 0.15) is 12.8 Å². The highest BCUT2D eigenvalue weighted by atomic mass is 16.5. The van der Waals surface area contributed by atoms with Crippen LogP contribution in [0.2, 0.25) is 0 Å². The smallest absolute Gasteiger partial charge is 0.328 e. The number of urea groups is 1. The lowest BCUT2D eigenvalue weighted by molar-refractivity contribution is -0.147. The van der Waals surface area contributed by atoms with Gasteiger partial charge in [0, 0.05) is 25.7 Å². The molecule has 19 heavy (non-hydrogen) atoms. The van der Waals surface area contributed by atoms with Gasteiger partial charge >= 0.3 is 12.0 Å². The SMILES string of the molecule is CN(CCNC(=O)N1CCOCC1C(=O)O)C1CC1. The fraction of sp³-hybridized carbons (Fsp3) is 0.833. The number of aliphatic carboxylic acids is 1. The highest BCUT2D eigenvalue weighted by Gasteiger charge is 2.32. The summed E-state index contributed by atoms with van der Waals surface area (Å²) in [6.07, 6.45) is 2.46. The molecule has 2 amide bonds. The molecule has 0 aromatic rings. The summed E-state index contributed by atoms with van der Waals surface area (Å²) in [4.78, 5) is 26.5.